The molecule has 5 aromatic rings. The number of nitrogens with one attached hydrogen (secondary N) is 1. The Bertz CT molecular complexity index is 1700. The van der Waals surface area contributed by atoms with Gasteiger partial charge in [0.1, 0.15) is 5.82 Å². The zero-order valence-corrected chi connectivity index (χ0v) is 18.7. The number of hydrogen-bond acceptors (Lipinski definition) is 6. The third-order valence-electron chi connectivity index (χ3n) is 6.28. The molecule has 0 radical (unpaired) electrons. The van der Waals surface area contributed by atoms with Crippen LogP contribution < -0.4 is 0 Å². The van der Waals surface area contributed by atoms with Gasteiger partial charge in [0.15, 0.2) is 0 Å². The van der Waals surface area contributed by atoms with E-state index in [1.54, 1.807) is 24.3 Å². The van der Waals surface area contributed by atoms with Gasteiger partial charge in [-0.2, -0.15) is 0 Å². The third-order valence-corrected chi connectivity index (χ3v) is 6.28. The van der Waals surface area contributed by atoms with Crippen LogP contribution in [-0.2, 0) is 6.42 Å². The van der Waals surface area contributed by atoms with E-state index in [-0.39, 0.29) is 11.4 Å². The quantitative estimate of drug-likeness (QED) is 0.233. The van der Waals surface area contributed by atoms with Crippen LogP contribution >= 0.6 is 0 Å². The molecule has 0 atom stereocenters. The van der Waals surface area contributed by atoms with Crippen LogP contribution in [-0.4, -0.2) is 25.5 Å². The molecule has 0 fully saturated rings. The highest BCUT2D eigenvalue weighted by molar-refractivity contribution is 6.07. The summed E-state index contributed by atoms with van der Waals surface area (Å²) in [6.45, 7) is 0. The summed E-state index contributed by atoms with van der Waals surface area (Å²) < 4.78 is 0. The summed E-state index contributed by atoms with van der Waals surface area (Å²) in [7, 11) is 0. The Morgan fingerprint density at radius 1 is 0.694 bits per heavy atom. The first-order chi connectivity index (χ1) is 17.4. The number of nitrogens with zero attached hydrogens (tertiary/aromatic N) is 4. The first-order valence-electron chi connectivity index (χ1n) is 11.1. The van der Waals surface area contributed by atoms with E-state index in [1.165, 1.54) is 24.3 Å². The molecule has 0 bridgehead atoms. The van der Waals surface area contributed by atoms with Crippen molar-refractivity contribution in [2.75, 3.05) is 0 Å². The summed E-state index contributed by atoms with van der Waals surface area (Å²) in [5, 5.41) is 21.8. The molecular weight excluding hydrogens is 458 g/mol. The zero-order chi connectivity index (χ0) is 24.8. The van der Waals surface area contributed by atoms with Crippen LogP contribution in [0.15, 0.2) is 89.9 Å². The second kappa shape index (κ2) is 8.24. The van der Waals surface area contributed by atoms with Gasteiger partial charge in [-0.15, -0.1) is 0 Å². The summed E-state index contributed by atoms with van der Waals surface area (Å²) in [5.74, 6) is 0.642. The van der Waals surface area contributed by atoms with Crippen LogP contribution in [0.4, 0.5) is 17.1 Å². The van der Waals surface area contributed by atoms with Crippen LogP contribution in [0.5, 0.6) is 0 Å². The molecule has 1 N–H and O–H groups in total. The molecule has 6 rings (SSSR count). The molecule has 0 unspecified atom stereocenters. The fourth-order valence-corrected chi connectivity index (χ4v) is 4.37. The second-order valence-corrected chi connectivity index (χ2v) is 8.50. The number of hydrogen-bond donors (Lipinski definition) is 1. The Balaban J connectivity index is 1.29. The third kappa shape index (κ3) is 3.78. The van der Waals surface area contributed by atoms with Crippen LogP contribution in [0, 0.1) is 20.2 Å². The van der Waals surface area contributed by atoms with Gasteiger partial charge >= 0.3 is 0 Å². The minimum Gasteiger partial charge on any atom is -0.338 e. The lowest BCUT2D eigenvalue weighted by molar-refractivity contribution is -0.385. The van der Waals surface area contributed by atoms with Crippen LogP contribution in [0.25, 0.3) is 33.5 Å². The maximum absolute atomic E-state index is 10.9. The van der Waals surface area contributed by atoms with Crippen molar-refractivity contribution in [1.82, 2.24) is 9.97 Å². The van der Waals surface area contributed by atoms with Crippen molar-refractivity contribution in [3.8, 4) is 22.5 Å². The van der Waals surface area contributed by atoms with Gasteiger partial charge in [-0.3, -0.25) is 25.2 Å². The number of nitro groups is 2. The lowest BCUT2D eigenvalue weighted by Gasteiger charge is -2.04. The van der Waals surface area contributed by atoms with E-state index in [4.69, 9.17) is 4.99 Å². The first kappa shape index (κ1) is 21.4. The Kier molecular flexibility index (Phi) is 4.89. The van der Waals surface area contributed by atoms with Gasteiger partial charge in [0.25, 0.3) is 11.4 Å². The number of rotatable bonds is 5. The highest BCUT2D eigenvalue weighted by Gasteiger charge is 2.18. The number of aromatic amines is 1. The number of aliphatic imine (C=N–C) groups is 1. The van der Waals surface area contributed by atoms with Gasteiger partial charge in [0.2, 0.25) is 0 Å². The minimum absolute atomic E-state index is 0.0353. The zero-order valence-electron chi connectivity index (χ0n) is 18.7. The van der Waals surface area contributed by atoms with Crippen LogP contribution in [0.1, 0.15) is 11.1 Å². The number of aromatic nitrogens is 2. The predicted molar refractivity (Wildman–Crippen MR) is 137 cm³/mol. The lowest BCUT2D eigenvalue weighted by Crippen LogP contribution is -2.00. The van der Waals surface area contributed by atoms with E-state index in [1.807, 2.05) is 24.3 Å². The molecule has 1 aliphatic heterocycles. The average molecular weight is 475 g/mol. The summed E-state index contributed by atoms with van der Waals surface area (Å²) >= 11 is 0. The fourth-order valence-electron chi connectivity index (χ4n) is 4.37. The molecule has 9 nitrogen and oxygen atoms in total. The van der Waals surface area contributed by atoms with Gasteiger partial charge in [-0.1, -0.05) is 18.2 Å². The molecule has 9 heteroatoms. The normalized spacial score (nSPS) is 12.4. The van der Waals surface area contributed by atoms with E-state index < -0.39 is 9.85 Å². The number of nitro benzene ring substituents is 2. The molecule has 0 saturated carbocycles. The highest BCUT2D eigenvalue weighted by Crippen LogP contribution is 2.35. The van der Waals surface area contributed by atoms with Crippen molar-refractivity contribution in [2.45, 2.75) is 6.42 Å². The minimum atomic E-state index is -0.426. The maximum atomic E-state index is 10.9. The van der Waals surface area contributed by atoms with E-state index >= 15 is 0 Å². The molecule has 0 aliphatic carbocycles. The van der Waals surface area contributed by atoms with E-state index in [9.17, 15) is 20.2 Å². The largest absolute Gasteiger partial charge is 0.338 e. The summed E-state index contributed by atoms with van der Waals surface area (Å²) in [4.78, 5) is 33.7. The molecule has 174 valence electrons. The molecule has 0 saturated heterocycles. The van der Waals surface area contributed by atoms with Gasteiger partial charge in [0.05, 0.1) is 32.3 Å². The van der Waals surface area contributed by atoms with Crippen molar-refractivity contribution >= 4 is 33.8 Å². The van der Waals surface area contributed by atoms with Gasteiger partial charge in [0, 0.05) is 36.2 Å². The predicted octanol–water partition coefficient (Wildman–Crippen LogP) is 6.39. The Morgan fingerprint density at radius 2 is 1.28 bits per heavy atom. The number of fused-ring (bicyclic) bond motifs is 2. The second-order valence-electron chi connectivity index (χ2n) is 8.50. The molecule has 36 heavy (non-hydrogen) atoms. The standard InChI is InChI=1S/C27H17N5O4/c33-31(34)21-8-3-16(4-9-21)24-15-20-2-1-18(13-25(20)28-24)19-7-12-23-26(14-19)30-27(29-23)17-5-10-22(11-6-17)32(35)36/h1-14H,15H2,(H,29,30). The Morgan fingerprint density at radius 3 is 1.94 bits per heavy atom. The van der Waals surface area contributed by atoms with E-state index in [2.05, 4.69) is 22.1 Å². The van der Waals surface area contributed by atoms with Crippen LogP contribution in [0.3, 0.4) is 0 Å². The Hall–Kier alpha value is -5.18. The monoisotopic (exact) mass is 475 g/mol. The van der Waals surface area contributed by atoms with Crippen LogP contribution in [0.2, 0.25) is 0 Å². The van der Waals surface area contributed by atoms with E-state index in [0.717, 1.165) is 50.2 Å². The smallest absolute Gasteiger partial charge is 0.269 e. The summed E-state index contributed by atoms with van der Waals surface area (Å²) in [6.07, 6.45) is 0.672. The number of imidazole rings is 1. The van der Waals surface area contributed by atoms with Gasteiger partial charge in [-0.05, 0) is 64.7 Å². The lowest BCUT2D eigenvalue weighted by atomic mass is 10.00. The number of H-pyrrole nitrogens is 1. The molecule has 1 aromatic heterocycles. The average Bonchev–Trinajstić information content (AvgIpc) is 3.52. The van der Waals surface area contributed by atoms with Crippen molar-refractivity contribution in [3.05, 3.63) is 116 Å². The van der Waals surface area contributed by atoms with Crippen molar-refractivity contribution < 1.29 is 9.85 Å². The topological polar surface area (TPSA) is 127 Å². The van der Waals surface area contributed by atoms with Crippen molar-refractivity contribution in [2.24, 2.45) is 4.99 Å². The van der Waals surface area contributed by atoms with Gasteiger partial charge in [-0.25, -0.2) is 4.98 Å². The molecule has 2 heterocycles. The summed E-state index contributed by atoms with van der Waals surface area (Å²) in [6, 6.07) is 24.9. The van der Waals surface area contributed by atoms with Crippen molar-refractivity contribution in [3.63, 3.8) is 0 Å². The van der Waals surface area contributed by atoms with Crippen molar-refractivity contribution in [1.29, 1.82) is 0 Å². The van der Waals surface area contributed by atoms with Gasteiger partial charge < -0.3 is 4.98 Å². The fraction of sp³-hybridized carbons (Fsp3) is 0.0370. The molecule has 0 amide bonds. The molecular formula is C27H17N5O4. The maximum Gasteiger partial charge on any atom is 0.269 e. The highest BCUT2D eigenvalue weighted by atomic mass is 16.6. The summed E-state index contributed by atoms with van der Waals surface area (Å²) in [5.41, 5.74) is 8.28. The SMILES string of the molecule is O=[N+]([O-])c1ccc(C2=Nc3cc(-c4ccc5nc(-c6ccc([N+](=O)[O-])cc6)[nH]c5c4)ccc3C2)cc1. The number of non-ortho nitro benzene ring substituents is 2. The van der Waals surface area contributed by atoms with E-state index in [0.29, 0.717) is 12.2 Å². The molecule has 0 spiro atoms. The molecule has 4 aromatic carbocycles. The number of benzene rings is 4. The molecule has 1 aliphatic rings. The first-order valence-corrected chi connectivity index (χ1v) is 11.1. The Labute approximate surface area is 204 Å².